The Morgan fingerprint density at radius 2 is 2.18 bits per heavy atom. The van der Waals surface area contributed by atoms with Gasteiger partial charge in [0.2, 0.25) is 0 Å². The summed E-state index contributed by atoms with van der Waals surface area (Å²) in [5, 5.41) is 0. The molecule has 0 aliphatic carbocycles. The van der Waals surface area contributed by atoms with E-state index in [1.54, 1.807) is 6.20 Å². The highest BCUT2D eigenvalue weighted by Crippen LogP contribution is 2.21. The maximum absolute atomic E-state index is 6.22. The number of nitrogens with two attached hydrogens (primary N) is 1. The van der Waals surface area contributed by atoms with Crippen LogP contribution in [0.15, 0.2) is 35.1 Å². The molecule has 0 saturated heterocycles. The molecular weight excluding hydrogens is 278 g/mol. The lowest BCUT2D eigenvalue weighted by Gasteiger charge is -2.13. The van der Waals surface area contributed by atoms with Crippen molar-refractivity contribution in [1.29, 1.82) is 0 Å². The van der Waals surface area contributed by atoms with Gasteiger partial charge in [-0.2, -0.15) is 0 Å². The van der Waals surface area contributed by atoms with Gasteiger partial charge >= 0.3 is 0 Å². The molecule has 1 unspecified atom stereocenters. The van der Waals surface area contributed by atoms with Gasteiger partial charge in [-0.25, -0.2) is 4.98 Å². The van der Waals surface area contributed by atoms with E-state index >= 15 is 0 Å². The molecule has 0 amide bonds. The third-order valence-electron chi connectivity index (χ3n) is 2.82. The predicted octanol–water partition coefficient (Wildman–Crippen LogP) is 2.73. The normalized spacial score (nSPS) is 12.7. The monoisotopic (exact) mass is 293 g/mol. The fourth-order valence-corrected chi connectivity index (χ4v) is 2.51. The van der Waals surface area contributed by atoms with Crippen LogP contribution < -0.4 is 5.73 Å². The number of aromatic nitrogens is 2. The van der Waals surface area contributed by atoms with Crippen molar-refractivity contribution in [3.8, 4) is 0 Å². The maximum atomic E-state index is 6.22. The molecule has 0 radical (unpaired) electrons. The number of hydrogen-bond acceptors (Lipinski definition) is 2. The summed E-state index contributed by atoms with van der Waals surface area (Å²) in [7, 11) is 1.99. The van der Waals surface area contributed by atoms with Crippen molar-refractivity contribution in [2.75, 3.05) is 0 Å². The molecule has 0 fully saturated rings. The largest absolute Gasteiger partial charge is 0.338 e. The van der Waals surface area contributed by atoms with E-state index in [-0.39, 0.29) is 6.04 Å². The molecule has 1 atom stereocenters. The molecule has 1 heterocycles. The Hall–Kier alpha value is -1.13. The second kappa shape index (κ2) is 5.02. The second-order valence-electron chi connectivity index (χ2n) is 4.33. The topological polar surface area (TPSA) is 43.8 Å². The highest BCUT2D eigenvalue weighted by Gasteiger charge is 2.11. The third-order valence-corrected chi connectivity index (χ3v) is 3.27. The van der Waals surface area contributed by atoms with Crippen molar-refractivity contribution >= 4 is 15.9 Å². The number of nitrogens with zero attached hydrogens (tertiary/aromatic N) is 2. The lowest BCUT2D eigenvalue weighted by molar-refractivity contribution is 0.659. The molecule has 1 aromatic carbocycles. The summed E-state index contributed by atoms with van der Waals surface area (Å²) in [6, 6.07) is 6.25. The molecular formula is C13H16BrN3. The second-order valence-corrected chi connectivity index (χ2v) is 5.24. The van der Waals surface area contributed by atoms with Gasteiger partial charge in [-0.1, -0.05) is 22.0 Å². The Bertz CT molecular complexity index is 499. The van der Waals surface area contributed by atoms with Crippen LogP contribution in [0, 0.1) is 6.92 Å². The van der Waals surface area contributed by atoms with Crippen molar-refractivity contribution in [3.05, 3.63) is 52.0 Å². The number of hydrogen-bond donors (Lipinski definition) is 1. The Morgan fingerprint density at radius 3 is 2.76 bits per heavy atom. The lowest BCUT2D eigenvalue weighted by Crippen LogP contribution is -2.16. The molecule has 0 aliphatic rings. The Kier molecular flexibility index (Phi) is 3.64. The van der Waals surface area contributed by atoms with Crippen molar-refractivity contribution in [2.45, 2.75) is 19.4 Å². The van der Waals surface area contributed by atoms with Crippen LogP contribution in [0.1, 0.15) is 23.0 Å². The molecule has 2 rings (SSSR count). The molecule has 17 heavy (non-hydrogen) atoms. The first-order valence-electron chi connectivity index (χ1n) is 5.55. The van der Waals surface area contributed by atoms with Gasteiger partial charge in [0, 0.05) is 36.4 Å². The van der Waals surface area contributed by atoms with E-state index in [9.17, 15) is 0 Å². The van der Waals surface area contributed by atoms with Crippen LogP contribution in [-0.4, -0.2) is 9.55 Å². The Morgan fingerprint density at radius 1 is 1.41 bits per heavy atom. The number of benzene rings is 1. The van der Waals surface area contributed by atoms with E-state index in [1.165, 1.54) is 5.56 Å². The zero-order valence-corrected chi connectivity index (χ0v) is 11.6. The summed E-state index contributed by atoms with van der Waals surface area (Å²) >= 11 is 3.50. The molecule has 0 saturated carbocycles. The first kappa shape index (κ1) is 12.3. The van der Waals surface area contributed by atoms with E-state index in [0.29, 0.717) is 0 Å². The lowest BCUT2D eigenvalue weighted by atomic mass is 10.0. The average Bonchev–Trinajstić information content (AvgIpc) is 2.63. The standard InChI is InChI=1S/C13H16BrN3/c1-9-5-10(7-11(14)6-9)12(15)8-13-16-3-4-17(13)2/h3-7,12H,8,15H2,1-2H3. The van der Waals surface area contributed by atoms with Crippen molar-refractivity contribution in [1.82, 2.24) is 9.55 Å². The van der Waals surface area contributed by atoms with Crippen LogP contribution in [0.3, 0.4) is 0 Å². The van der Waals surface area contributed by atoms with Crippen LogP contribution in [0.4, 0.5) is 0 Å². The predicted molar refractivity (Wildman–Crippen MR) is 72.7 cm³/mol. The average molecular weight is 294 g/mol. The SMILES string of the molecule is Cc1cc(Br)cc(C(N)Cc2nccn2C)c1. The minimum atomic E-state index is -0.0210. The Labute approximate surface area is 110 Å². The molecule has 4 heteroatoms. The van der Waals surface area contributed by atoms with Gasteiger partial charge in [-0.3, -0.25) is 0 Å². The van der Waals surface area contributed by atoms with Gasteiger partial charge in [-0.05, 0) is 30.2 Å². The summed E-state index contributed by atoms with van der Waals surface area (Å²) in [4.78, 5) is 4.30. The fourth-order valence-electron chi connectivity index (χ4n) is 1.89. The van der Waals surface area contributed by atoms with Crippen molar-refractivity contribution in [2.24, 2.45) is 12.8 Å². The molecule has 3 nitrogen and oxygen atoms in total. The zero-order chi connectivity index (χ0) is 12.4. The zero-order valence-electron chi connectivity index (χ0n) is 10.0. The van der Waals surface area contributed by atoms with Gasteiger partial charge in [0.05, 0.1) is 0 Å². The number of imidazole rings is 1. The minimum Gasteiger partial charge on any atom is -0.338 e. The van der Waals surface area contributed by atoms with E-state index in [2.05, 4.69) is 46.0 Å². The molecule has 0 spiro atoms. The first-order chi connectivity index (χ1) is 8.06. The van der Waals surface area contributed by atoms with Gasteiger partial charge in [-0.15, -0.1) is 0 Å². The summed E-state index contributed by atoms with van der Waals surface area (Å²) in [6.07, 6.45) is 4.49. The smallest absolute Gasteiger partial charge is 0.110 e. The van der Waals surface area contributed by atoms with Gasteiger partial charge in [0.1, 0.15) is 5.82 Å². The van der Waals surface area contributed by atoms with Crippen molar-refractivity contribution < 1.29 is 0 Å². The number of rotatable bonds is 3. The third kappa shape index (κ3) is 2.96. The van der Waals surface area contributed by atoms with E-state index in [1.807, 2.05) is 17.8 Å². The highest BCUT2D eigenvalue weighted by molar-refractivity contribution is 9.10. The Balaban J connectivity index is 2.20. The van der Waals surface area contributed by atoms with Gasteiger partial charge in [0.15, 0.2) is 0 Å². The van der Waals surface area contributed by atoms with Crippen molar-refractivity contribution in [3.63, 3.8) is 0 Å². The number of halogens is 1. The maximum Gasteiger partial charge on any atom is 0.110 e. The number of aryl methyl sites for hydroxylation is 2. The quantitative estimate of drug-likeness (QED) is 0.946. The molecule has 90 valence electrons. The van der Waals surface area contributed by atoms with Crippen LogP contribution in [0.2, 0.25) is 0 Å². The summed E-state index contributed by atoms with van der Waals surface area (Å²) < 4.78 is 3.08. The van der Waals surface area contributed by atoms with Crippen LogP contribution >= 0.6 is 15.9 Å². The minimum absolute atomic E-state index is 0.0210. The fraction of sp³-hybridized carbons (Fsp3) is 0.308. The molecule has 0 aliphatic heterocycles. The molecule has 1 aromatic heterocycles. The summed E-state index contributed by atoms with van der Waals surface area (Å²) in [5.41, 5.74) is 8.57. The van der Waals surface area contributed by atoms with E-state index in [0.717, 1.165) is 22.3 Å². The van der Waals surface area contributed by atoms with Crippen LogP contribution in [-0.2, 0) is 13.5 Å². The van der Waals surface area contributed by atoms with Gasteiger partial charge in [0.25, 0.3) is 0 Å². The van der Waals surface area contributed by atoms with Crippen LogP contribution in [0.25, 0.3) is 0 Å². The van der Waals surface area contributed by atoms with E-state index < -0.39 is 0 Å². The molecule has 2 N–H and O–H groups in total. The molecule has 2 aromatic rings. The van der Waals surface area contributed by atoms with Crippen LogP contribution in [0.5, 0.6) is 0 Å². The summed E-state index contributed by atoms with van der Waals surface area (Å²) in [6.45, 7) is 2.07. The highest BCUT2D eigenvalue weighted by atomic mass is 79.9. The van der Waals surface area contributed by atoms with Gasteiger partial charge < -0.3 is 10.3 Å². The molecule has 0 bridgehead atoms. The summed E-state index contributed by atoms with van der Waals surface area (Å²) in [5.74, 6) is 1.01. The first-order valence-corrected chi connectivity index (χ1v) is 6.34. The van der Waals surface area contributed by atoms with E-state index in [4.69, 9.17) is 5.73 Å².